The molecule has 1 unspecified atom stereocenters. The van der Waals surface area contributed by atoms with E-state index in [9.17, 15) is 15.0 Å². The number of benzene rings is 1. The lowest BCUT2D eigenvalue weighted by Crippen LogP contribution is -2.36. The highest BCUT2D eigenvalue weighted by Gasteiger charge is 2.17. The van der Waals surface area contributed by atoms with Crippen LogP contribution in [0.15, 0.2) is 66.0 Å². The van der Waals surface area contributed by atoms with Gasteiger partial charge in [0.25, 0.3) is 5.56 Å². The van der Waals surface area contributed by atoms with E-state index in [0.29, 0.717) is 35.5 Å². The van der Waals surface area contributed by atoms with Gasteiger partial charge in [0, 0.05) is 42.3 Å². The van der Waals surface area contributed by atoms with Crippen LogP contribution in [0.5, 0.6) is 0 Å². The molecule has 0 radical (unpaired) electrons. The largest absolute Gasteiger partial charge is 0.394 e. The molecule has 0 amide bonds. The second-order valence-electron chi connectivity index (χ2n) is 8.18. The molecule has 4 heterocycles. The zero-order chi connectivity index (χ0) is 23.5. The van der Waals surface area contributed by atoms with Gasteiger partial charge in [0.05, 0.1) is 55.6 Å². The first-order valence-corrected chi connectivity index (χ1v) is 11.2. The third-order valence-electron chi connectivity index (χ3n) is 5.90. The quantitative estimate of drug-likeness (QED) is 0.448. The Balaban J connectivity index is 1.62. The number of hydrogen-bond acceptors (Lipinski definition) is 8. The van der Waals surface area contributed by atoms with Crippen LogP contribution < -0.4 is 10.5 Å². The summed E-state index contributed by atoms with van der Waals surface area (Å²) in [6.45, 7) is 2.64. The van der Waals surface area contributed by atoms with Gasteiger partial charge in [0.15, 0.2) is 0 Å². The minimum Gasteiger partial charge on any atom is -0.394 e. The molecule has 2 N–H and O–H groups in total. The molecule has 1 aromatic carbocycles. The molecule has 1 atom stereocenters. The van der Waals surface area contributed by atoms with E-state index in [2.05, 4.69) is 27.0 Å². The molecule has 9 nitrogen and oxygen atoms in total. The Morgan fingerprint density at radius 2 is 1.88 bits per heavy atom. The van der Waals surface area contributed by atoms with E-state index >= 15 is 0 Å². The Kier molecular flexibility index (Phi) is 6.31. The summed E-state index contributed by atoms with van der Waals surface area (Å²) in [7, 11) is 0. The zero-order valence-corrected chi connectivity index (χ0v) is 18.5. The summed E-state index contributed by atoms with van der Waals surface area (Å²) in [6.07, 6.45) is 3.69. The smallest absolute Gasteiger partial charge is 0.261 e. The molecule has 0 bridgehead atoms. The molecule has 1 fully saturated rings. The van der Waals surface area contributed by atoms with Crippen molar-refractivity contribution in [3.05, 3.63) is 71.5 Å². The first-order valence-electron chi connectivity index (χ1n) is 11.2. The summed E-state index contributed by atoms with van der Waals surface area (Å²) in [5, 5.41) is 19.4. The van der Waals surface area contributed by atoms with Crippen LogP contribution in [0.4, 0.5) is 5.69 Å². The molecule has 174 valence electrons. The van der Waals surface area contributed by atoms with Gasteiger partial charge in [-0.2, -0.15) is 0 Å². The number of hydrogen-bond donors (Lipinski definition) is 2. The molecule has 0 spiro atoms. The van der Waals surface area contributed by atoms with Crippen LogP contribution in [-0.4, -0.2) is 68.7 Å². The highest BCUT2D eigenvalue weighted by atomic mass is 16.5. The van der Waals surface area contributed by atoms with Crippen molar-refractivity contribution in [2.45, 2.75) is 12.6 Å². The number of anilines is 1. The molecule has 4 aromatic rings. The molecule has 9 heteroatoms. The van der Waals surface area contributed by atoms with Crippen molar-refractivity contribution in [3.8, 4) is 22.5 Å². The maximum absolute atomic E-state index is 13.3. The monoisotopic (exact) mass is 459 g/mol. The van der Waals surface area contributed by atoms with Crippen LogP contribution in [0.25, 0.3) is 33.4 Å². The number of morpholine rings is 1. The van der Waals surface area contributed by atoms with Gasteiger partial charge in [0.1, 0.15) is 5.52 Å². The van der Waals surface area contributed by atoms with Crippen molar-refractivity contribution >= 4 is 16.6 Å². The van der Waals surface area contributed by atoms with E-state index in [1.54, 1.807) is 18.5 Å². The van der Waals surface area contributed by atoms with Crippen molar-refractivity contribution in [3.63, 3.8) is 0 Å². The Morgan fingerprint density at radius 3 is 2.59 bits per heavy atom. The van der Waals surface area contributed by atoms with Gasteiger partial charge < -0.3 is 19.8 Å². The van der Waals surface area contributed by atoms with E-state index in [1.807, 2.05) is 24.3 Å². The van der Waals surface area contributed by atoms with Gasteiger partial charge in [-0.3, -0.25) is 14.3 Å². The first-order chi connectivity index (χ1) is 16.6. The Morgan fingerprint density at radius 1 is 1.09 bits per heavy atom. The summed E-state index contributed by atoms with van der Waals surface area (Å²) in [4.78, 5) is 29.1. The molecular formula is C25H25N5O4. The van der Waals surface area contributed by atoms with Gasteiger partial charge in [-0.25, -0.2) is 9.97 Å². The van der Waals surface area contributed by atoms with Crippen molar-refractivity contribution in [2.24, 2.45) is 0 Å². The van der Waals surface area contributed by atoms with Gasteiger partial charge >= 0.3 is 0 Å². The van der Waals surface area contributed by atoms with Crippen molar-refractivity contribution < 1.29 is 14.9 Å². The van der Waals surface area contributed by atoms with E-state index in [-0.39, 0.29) is 12.1 Å². The number of fused-ring (bicyclic) bond motifs is 1. The van der Waals surface area contributed by atoms with Gasteiger partial charge in [-0.05, 0) is 30.3 Å². The van der Waals surface area contributed by atoms with Crippen molar-refractivity contribution in [1.29, 1.82) is 0 Å². The lowest BCUT2D eigenvalue weighted by atomic mass is 10.1. The molecule has 3 aromatic heterocycles. The topological polar surface area (TPSA) is 114 Å². The lowest BCUT2D eigenvalue weighted by Gasteiger charge is -2.28. The van der Waals surface area contributed by atoms with Gasteiger partial charge in [-0.1, -0.05) is 12.1 Å². The normalized spacial score (nSPS) is 14.9. The van der Waals surface area contributed by atoms with E-state index in [1.165, 1.54) is 10.9 Å². The van der Waals surface area contributed by atoms with Crippen LogP contribution in [0.2, 0.25) is 0 Å². The summed E-state index contributed by atoms with van der Waals surface area (Å²) < 4.78 is 6.75. The fraction of sp³-hybridized carbons (Fsp3) is 0.280. The third-order valence-corrected chi connectivity index (χ3v) is 5.90. The number of ether oxygens (including phenoxy) is 1. The number of nitrogens with zero attached hydrogens (tertiary/aromatic N) is 5. The fourth-order valence-corrected chi connectivity index (χ4v) is 4.10. The second-order valence-corrected chi connectivity index (χ2v) is 8.18. The lowest BCUT2D eigenvalue weighted by molar-refractivity contribution is 0.0803. The average molecular weight is 460 g/mol. The van der Waals surface area contributed by atoms with Crippen LogP contribution in [0, 0.1) is 0 Å². The van der Waals surface area contributed by atoms with Gasteiger partial charge in [0.2, 0.25) is 0 Å². The molecule has 0 aliphatic carbocycles. The summed E-state index contributed by atoms with van der Waals surface area (Å²) in [5.74, 6) is 0. The van der Waals surface area contributed by atoms with Crippen LogP contribution in [0.3, 0.4) is 0 Å². The molecule has 1 saturated heterocycles. The summed E-state index contributed by atoms with van der Waals surface area (Å²) in [6, 6.07) is 13.5. The average Bonchev–Trinajstić information content (AvgIpc) is 2.91. The van der Waals surface area contributed by atoms with Crippen LogP contribution >= 0.6 is 0 Å². The van der Waals surface area contributed by atoms with Gasteiger partial charge in [-0.15, -0.1) is 0 Å². The number of aliphatic hydroxyl groups is 2. The summed E-state index contributed by atoms with van der Waals surface area (Å²) in [5.41, 5.74) is 4.08. The summed E-state index contributed by atoms with van der Waals surface area (Å²) >= 11 is 0. The minimum atomic E-state index is -1.05. The minimum absolute atomic E-state index is 0.0492. The van der Waals surface area contributed by atoms with Crippen molar-refractivity contribution in [2.75, 3.05) is 37.8 Å². The predicted octanol–water partition coefficient (Wildman–Crippen LogP) is 1.71. The molecule has 34 heavy (non-hydrogen) atoms. The van der Waals surface area contributed by atoms with Crippen LogP contribution in [0.1, 0.15) is 0 Å². The molecule has 0 saturated carbocycles. The third kappa shape index (κ3) is 4.41. The second kappa shape index (κ2) is 9.68. The SMILES string of the molecule is O=c1c2cc(-c3ccc(N4CCOCC4)cc3)nc(-c3cccnc3)c2ncn1CC(O)CO. The number of aliphatic hydroxyl groups excluding tert-OH is 2. The first kappa shape index (κ1) is 22.1. The molecular weight excluding hydrogens is 434 g/mol. The Labute approximate surface area is 195 Å². The van der Waals surface area contributed by atoms with E-state index in [0.717, 1.165) is 29.9 Å². The number of rotatable bonds is 6. The maximum atomic E-state index is 13.3. The van der Waals surface area contributed by atoms with Crippen molar-refractivity contribution in [1.82, 2.24) is 19.5 Å². The number of pyridine rings is 2. The zero-order valence-electron chi connectivity index (χ0n) is 18.5. The Hall–Kier alpha value is -3.66. The molecule has 1 aliphatic heterocycles. The molecule has 1 aliphatic rings. The van der Waals surface area contributed by atoms with E-state index in [4.69, 9.17) is 9.72 Å². The predicted molar refractivity (Wildman–Crippen MR) is 129 cm³/mol. The number of aromatic nitrogens is 4. The fourth-order valence-electron chi connectivity index (χ4n) is 4.10. The van der Waals surface area contributed by atoms with E-state index < -0.39 is 12.7 Å². The highest BCUT2D eigenvalue weighted by Crippen LogP contribution is 2.29. The van der Waals surface area contributed by atoms with Crippen LogP contribution in [-0.2, 0) is 11.3 Å². The molecule has 5 rings (SSSR count). The Bertz CT molecular complexity index is 1340. The highest BCUT2D eigenvalue weighted by molar-refractivity contribution is 5.93. The standard InChI is InChI=1S/C25H25N5O4/c31-15-20(32)14-30-16-27-24-21(25(30)33)12-22(28-23(24)18-2-1-7-26-13-18)17-3-5-19(6-4-17)29-8-10-34-11-9-29/h1-7,12-13,16,20,31-32H,8-11,14-15H2. The maximum Gasteiger partial charge on any atom is 0.261 e.